The van der Waals surface area contributed by atoms with Gasteiger partial charge in [0.15, 0.2) is 5.52 Å². The fourth-order valence-electron chi connectivity index (χ4n) is 3.29. The SMILES string of the molecule is COC(=O)c1ccc(COn2c(=O)c(-c3ccc(C)cc3)[n+]([O-])c3ccccc32)cc1. The van der Waals surface area contributed by atoms with E-state index in [9.17, 15) is 14.8 Å². The zero-order valence-electron chi connectivity index (χ0n) is 17.1. The van der Waals surface area contributed by atoms with E-state index in [-0.39, 0.29) is 12.3 Å². The van der Waals surface area contributed by atoms with Crippen LogP contribution in [-0.4, -0.2) is 17.8 Å². The Morgan fingerprint density at radius 2 is 1.68 bits per heavy atom. The van der Waals surface area contributed by atoms with E-state index in [1.165, 1.54) is 7.11 Å². The number of esters is 1. The summed E-state index contributed by atoms with van der Waals surface area (Å²) in [5, 5.41) is 13.0. The summed E-state index contributed by atoms with van der Waals surface area (Å²) in [6.07, 6.45) is 0. The van der Waals surface area contributed by atoms with Gasteiger partial charge in [0.05, 0.1) is 18.2 Å². The maximum absolute atomic E-state index is 13.2. The molecule has 0 spiro atoms. The van der Waals surface area contributed by atoms with Crippen molar-refractivity contribution in [3.63, 3.8) is 0 Å². The molecule has 0 atom stereocenters. The van der Waals surface area contributed by atoms with E-state index in [0.29, 0.717) is 26.9 Å². The number of hydrogen-bond donors (Lipinski definition) is 0. The van der Waals surface area contributed by atoms with Gasteiger partial charge in [-0.2, -0.15) is 4.73 Å². The molecule has 0 aliphatic heterocycles. The van der Waals surface area contributed by atoms with Gasteiger partial charge in [0, 0.05) is 6.07 Å². The van der Waals surface area contributed by atoms with Crippen LogP contribution in [0.4, 0.5) is 0 Å². The zero-order chi connectivity index (χ0) is 22.0. The van der Waals surface area contributed by atoms with Crippen LogP contribution in [-0.2, 0) is 11.3 Å². The Balaban J connectivity index is 1.76. The van der Waals surface area contributed by atoms with Crippen molar-refractivity contribution in [1.29, 1.82) is 0 Å². The lowest BCUT2D eigenvalue weighted by atomic mass is 10.1. The largest absolute Gasteiger partial charge is 0.618 e. The van der Waals surface area contributed by atoms with Crippen molar-refractivity contribution in [2.45, 2.75) is 13.5 Å². The molecular weight excluding hydrogens is 396 g/mol. The minimum atomic E-state index is -0.552. The summed E-state index contributed by atoms with van der Waals surface area (Å²) in [6, 6.07) is 20.6. The van der Waals surface area contributed by atoms with Crippen molar-refractivity contribution < 1.29 is 19.1 Å². The standard InChI is InChI=1S/C24H20N2O5/c1-16-7-11-18(12-8-16)22-23(27)26(21-6-4-3-5-20(21)25(22)29)31-15-17-9-13-19(14-10-17)24(28)30-2/h3-14H,15H2,1-2H3. The molecule has 0 saturated carbocycles. The average Bonchev–Trinajstić information content (AvgIpc) is 2.80. The van der Waals surface area contributed by atoms with Crippen LogP contribution < -0.4 is 15.1 Å². The van der Waals surface area contributed by atoms with E-state index in [1.807, 2.05) is 19.1 Å². The lowest BCUT2D eigenvalue weighted by Gasteiger charge is -2.14. The van der Waals surface area contributed by atoms with E-state index < -0.39 is 11.5 Å². The minimum Gasteiger partial charge on any atom is -0.618 e. The van der Waals surface area contributed by atoms with Crippen LogP contribution in [0.15, 0.2) is 77.6 Å². The zero-order valence-corrected chi connectivity index (χ0v) is 17.1. The van der Waals surface area contributed by atoms with E-state index in [0.717, 1.165) is 15.9 Å². The van der Waals surface area contributed by atoms with Gasteiger partial charge in [-0.15, -0.1) is 4.73 Å². The monoisotopic (exact) mass is 416 g/mol. The van der Waals surface area contributed by atoms with Crippen molar-refractivity contribution in [1.82, 2.24) is 4.73 Å². The first-order chi connectivity index (χ1) is 15.0. The quantitative estimate of drug-likeness (QED) is 0.284. The fraction of sp³-hybridized carbons (Fsp3) is 0.125. The molecule has 31 heavy (non-hydrogen) atoms. The first-order valence-corrected chi connectivity index (χ1v) is 9.64. The predicted molar refractivity (Wildman–Crippen MR) is 115 cm³/mol. The smallest absolute Gasteiger partial charge is 0.357 e. The fourth-order valence-corrected chi connectivity index (χ4v) is 3.29. The van der Waals surface area contributed by atoms with Gasteiger partial charge in [0.25, 0.3) is 5.69 Å². The summed E-state index contributed by atoms with van der Waals surface area (Å²) < 4.78 is 6.49. The molecule has 1 aromatic heterocycles. The Morgan fingerprint density at radius 1 is 1.00 bits per heavy atom. The van der Waals surface area contributed by atoms with Crippen molar-refractivity contribution in [3.05, 3.63) is 105 Å². The van der Waals surface area contributed by atoms with Crippen molar-refractivity contribution in [3.8, 4) is 11.3 Å². The van der Waals surface area contributed by atoms with Crippen LogP contribution in [0.1, 0.15) is 21.5 Å². The summed E-state index contributed by atoms with van der Waals surface area (Å²) in [4.78, 5) is 30.7. The summed E-state index contributed by atoms with van der Waals surface area (Å²) in [6.45, 7) is 2.00. The van der Waals surface area contributed by atoms with E-state index in [4.69, 9.17) is 9.57 Å². The number of nitrogens with zero attached hydrogens (tertiary/aromatic N) is 2. The molecule has 0 saturated heterocycles. The molecule has 0 bridgehead atoms. The predicted octanol–water partition coefficient (Wildman–Crippen LogP) is 3.03. The van der Waals surface area contributed by atoms with E-state index >= 15 is 0 Å². The summed E-state index contributed by atoms with van der Waals surface area (Å²) in [7, 11) is 1.32. The number of carbonyl (C=O) groups excluding carboxylic acids is 1. The molecule has 0 aliphatic carbocycles. The summed E-state index contributed by atoms with van der Waals surface area (Å²) in [5.41, 5.74) is 2.82. The lowest BCUT2D eigenvalue weighted by Crippen LogP contribution is -2.42. The second-order valence-electron chi connectivity index (χ2n) is 7.06. The molecular formula is C24H20N2O5. The molecule has 0 N–H and O–H groups in total. The highest BCUT2D eigenvalue weighted by Gasteiger charge is 2.23. The highest BCUT2D eigenvalue weighted by molar-refractivity contribution is 5.89. The van der Waals surface area contributed by atoms with Crippen LogP contribution in [0.2, 0.25) is 0 Å². The van der Waals surface area contributed by atoms with Crippen molar-refractivity contribution in [2.75, 3.05) is 7.11 Å². The molecule has 0 radical (unpaired) electrons. The molecule has 156 valence electrons. The Kier molecular flexibility index (Phi) is 5.41. The van der Waals surface area contributed by atoms with Gasteiger partial charge >= 0.3 is 11.5 Å². The van der Waals surface area contributed by atoms with Gasteiger partial charge < -0.3 is 14.8 Å². The van der Waals surface area contributed by atoms with Gasteiger partial charge in [-0.3, -0.25) is 4.79 Å². The van der Waals surface area contributed by atoms with Crippen molar-refractivity contribution >= 4 is 17.0 Å². The molecule has 7 heteroatoms. The molecule has 3 aromatic carbocycles. The lowest BCUT2D eigenvalue weighted by molar-refractivity contribution is -0.566. The summed E-state index contributed by atoms with van der Waals surface area (Å²) in [5.74, 6) is -0.430. The highest BCUT2D eigenvalue weighted by atomic mass is 16.7. The Labute approximate surface area is 178 Å². The van der Waals surface area contributed by atoms with Gasteiger partial charge in [-0.1, -0.05) is 42.0 Å². The number of aromatic nitrogens is 2. The van der Waals surface area contributed by atoms with E-state index in [2.05, 4.69) is 0 Å². The number of methoxy groups -OCH3 is 1. The number of para-hydroxylation sites is 2. The number of aryl methyl sites for hydroxylation is 1. The number of rotatable bonds is 5. The van der Waals surface area contributed by atoms with Gasteiger partial charge in [0.2, 0.25) is 5.52 Å². The molecule has 4 aromatic rings. The normalized spacial score (nSPS) is 10.8. The number of carbonyl (C=O) groups is 1. The molecule has 0 amide bonds. The molecule has 0 fully saturated rings. The summed E-state index contributed by atoms with van der Waals surface area (Å²) >= 11 is 0. The Morgan fingerprint density at radius 3 is 2.35 bits per heavy atom. The van der Waals surface area contributed by atoms with Gasteiger partial charge in [0.1, 0.15) is 6.61 Å². The second-order valence-corrected chi connectivity index (χ2v) is 7.06. The molecule has 4 rings (SSSR count). The number of hydrogen-bond acceptors (Lipinski definition) is 5. The minimum absolute atomic E-state index is 0.0141. The van der Waals surface area contributed by atoms with Crippen LogP contribution >= 0.6 is 0 Å². The maximum atomic E-state index is 13.2. The number of benzene rings is 3. The topological polar surface area (TPSA) is 84.5 Å². The first-order valence-electron chi connectivity index (χ1n) is 9.64. The van der Waals surface area contributed by atoms with Crippen LogP contribution in [0, 0.1) is 12.1 Å². The molecule has 0 unspecified atom stereocenters. The average molecular weight is 416 g/mol. The highest BCUT2D eigenvalue weighted by Crippen LogP contribution is 2.17. The van der Waals surface area contributed by atoms with E-state index in [1.54, 1.807) is 60.7 Å². The van der Waals surface area contributed by atoms with Crippen molar-refractivity contribution in [2.24, 2.45) is 0 Å². The Bertz CT molecular complexity index is 1310. The number of fused-ring (bicyclic) bond motifs is 1. The number of ether oxygens (including phenoxy) is 1. The third-order valence-electron chi connectivity index (χ3n) is 4.97. The third-order valence-corrected chi connectivity index (χ3v) is 4.97. The maximum Gasteiger partial charge on any atom is 0.357 e. The first kappa shape index (κ1) is 20.2. The third kappa shape index (κ3) is 3.85. The van der Waals surface area contributed by atoms with Crippen LogP contribution in [0.25, 0.3) is 22.3 Å². The Hall–Kier alpha value is -4.13. The van der Waals surface area contributed by atoms with Gasteiger partial charge in [-0.05, 0) is 42.8 Å². The molecule has 7 nitrogen and oxygen atoms in total. The second kappa shape index (κ2) is 8.31. The molecule has 1 heterocycles. The molecule has 0 aliphatic rings. The van der Waals surface area contributed by atoms with Crippen LogP contribution in [0.3, 0.4) is 0 Å². The van der Waals surface area contributed by atoms with Gasteiger partial charge in [-0.25, -0.2) is 4.79 Å². The van der Waals surface area contributed by atoms with Crippen LogP contribution in [0.5, 0.6) is 0 Å².